The quantitative estimate of drug-likeness (QED) is 0.892. The van der Waals surface area contributed by atoms with Crippen LogP contribution in [0.5, 0.6) is 0 Å². The van der Waals surface area contributed by atoms with E-state index in [9.17, 15) is 9.59 Å². The molecule has 1 atom stereocenters. The number of nitrogens with zero attached hydrogens (tertiary/aromatic N) is 3. The first-order valence-electron chi connectivity index (χ1n) is 7.26. The third kappa shape index (κ3) is 3.99. The largest absolute Gasteiger partial charge is 0.444 e. The second-order valence-corrected chi connectivity index (χ2v) is 5.26. The van der Waals surface area contributed by atoms with Crippen LogP contribution in [-0.2, 0) is 9.53 Å². The molecule has 24 heavy (non-hydrogen) atoms. The first-order chi connectivity index (χ1) is 11.1. The van der Waals surface area contributed by atoms with E-state index in [0.717, 1.165) is 11.1 Å². The second-order valence-electron chi connectivity index (χ2n) is 5.26. The van der Waals surface area contributed by atoms with Crippen molar-refractivity contribution in [2.45, 2.75) is 18.9 Å². The fourth-order valence-corrected chi connectivity index (χ4v) is 2.42. The van der Waals surface area contributed by atoms with Crippen LogP contribution in [-0.4, -0.2) is 34.6 Å². The Morgan fingerprint density at radius 3 is 2.62 bits per heavy atom. The number of pyridine rings is 2. The lowest BCUT2D eigenvalue weighted by Gasteiger charge is -2.12. The van der Waals surface area contributed by atoms with Gasteiger partial charge in [-0.15, -0.1) is 12.4 Å². The minimum Gasteiger partial charge on any atom is -0.444 e. The Labute approximate surface area is 145 Å². The zero-order valence-electron chi connectivity index (χ0n) is 12.8. The number of carbonyl (C=O) groups is 2. The van der Waals surface area contributed by atoms with Gasteiger partial charge in [0.25, 0.3) is 0 Å². The fourth-order valence-electron chi connectivity index (χ4n) is 2.42. The maximum Gasteiger partial charge on any atom is 0.415 e. The number of halogens is 1. The first kappa shape index (κ1) is 17.7. The molecule has 0 radical (unpaired) electrons. The van der Waals surface area contributed by atoms with Crippen molar-refractivity contribution in [1.29, 1.82) is 0 Å². The van der Waals surface area contributed by atoms with Crippen molar-refractivity contribution < 1.29 is 14.3 Å². The molecule has 7 nitrogen and oxygen atoms in total. The van der Waals surface area contributed by atoms with E-state index in [1.165, 1.54) is 4.90 Å². The molecule has 0 saturated carbocycles. The molecule has 0 aromatic carbocycles. The minimum absolute atomic E-state index is 0. The van der Waals surface area contributed by atoms with Gasteiger partial charge in [-0.2, -0.15) is 0 Å². The molecule has 3 heterocycles. The number of hydrogen-bond acceptors (Lipinski definition) is 5. The molecule has 0 spiro atoms. The molecule has 0 aliphatic carbocycles. The van der Waals surface area contributed by atoms with Crippen molar-refractivity contribution in [2.24, 2.45) is 5.73 Å². The monoisotopic (exact) mass is 348 g/mol. The summed E-state index contributed by atoms with van der Waals surface area (Å²) < 4.78 is 5.22. The Bertz CT molecular complexity index is 709. The van der Waals surface area contributed by atoms with Crippen molar-refractivity contribution in [3.8, 4) is 11.1 Å². The van der Waals surface area contributed by atoms with Gasteiger partial charge in [-0.3, -0.25) is 14.7 Å². The van der Waals surface area contributed by atoms with E-state index < -0.39 is 12.0 Å². The van der Waals surface area contributed by atoms with E-state index in [1.54, 1.807) is 24.7 Å². The van der Waals surface area contributed by atoms with Crippen LogP contribution in [0.2, 0.25) is 0 Å². The third-order valence-electron chi connectivity index (χ3n) is 3.62. The van der Waals surface area contributed by atoms with Crippen molar-refractivity contribution in [1.82, 2.24) is 9.97 Å². The number of ether oxygens (including phenoxy) is 1. The lowest BCUT2D eigenvalue weighted by Crippen LogP contribution is -2.25. The van der Waals surface area contributed by atoms with Gasteiger partial charge in [0.15, 0.2) is 0 Å². The number of aromatic nitrogens is 2. The van der Waals surface area contributed by atoms with Crippen molar-refractivity contribution in [3.05, 3.63) is 42.9 Å². The average molecular weight is 349 g/mol. The number of hydrogen-bond donors (Lipinski definition) is 1. The van der Waals surface area contributed by atoms with Crippen LogP contribution in [0.15, 0.2) is 42.9 Å². The Morgan fingerprint density at radius 2 is 2.00 bits per heavy atom. The second kappa shape index (κ2) is 7.74. The van der Waals surface area contributed by atoms with Crippen molar-refractivity contribution in [3.63, 3.8) is 0 Å². The summed E-state index contributed by atoms with van der Waals surface area (Å²) in [5.74, 6) is 0.119. The van der Waals surface area contributed by atoms with E-state index >= 15 is 0 Å². The van der Waals surface area contributed by atoms with E-state index in [4.69, 9.17) is 10.5 Å². The fraction of sp³-hybridized carbons (Fsp3) is 0.250. The Hall–Kier alpha value is -2.67. The molecule has 1 saturated heterocycles. The van der Waals surface area contributed by atoms with Crippen molar-refractivity contribution >= 4 is 30.2 Å². The highest BCUT2D eigenvalue weighted by Crippen LogP contribution is 2.24. The summed E-state index contributed by atoms with van der Waals surface area (Å²) >= 11 is 0. The minimum atomic E-state index is -0.455. The predicted octanol–water partition coefficient (Wildman–Crippen LogP) is 2.16. The molecule has 126 valence electrons. The van der Waals surface area contributed by atoms with Crippen molar-refractivity contribution in [2.75, 3.05) is 11.4 Å². The van der Waals surface area contributed by atoms with Gasteiger partial charge in [-0.25, -0.2) is 9.78 Å². The van der Waals surface area contributed by atoms with Gasteiger partial charge in [0.1, 0.15) is 11.9 Å². The van der Waals surface area contributed by atoms with Crippen LogP contribution in [0.25, 0.3) is 11.1 Å². The summed E-state index contributed by atoms with van der Waals surface area (Å²) in [7, 11) is 0. The van der Waals surface area contributed by atoms with E-state index in [0.29, 0.717) is 18.8 Å². The molecular weight excluding hydrogens is 332 g/mol. The van der Waals surface area contributed by atoms with Gasteiger partial charge >= 0.3 is 6.09 Å². The number of primary amides is 1. The summed E-state index contributed by atoms with van der Waals surface area (Å²) in [6.45, 7) is 0.369. The van der Waals surface area contributed by atoms with Crippen LogP contribution in [0.1, 0.15) is 12.8 Å². The topological polar surface area (TPSA) is 98.4 Å². The summed E-state index contributed by atoms with van der Waals surface area (Å²) in [6, 6.07) is 7.44. The molecule has 8 heteroatoms. The SMILES string of the molecule is Cl.NC(=O)CCC1CN(c2ccc(-c3ccncc3)cn2)C(=O)O1. The number of anilines is 1. The zero-order chi connectivity index (χ0) is 16.2. The van der Waals surface area contributed by atoms with Gasteiger partial charge in [0.05, 0.1) is 6.54 Å². The Kier molecular flexibility index (Phi) is 5.70. The van der Waals surface area contributed by atoms with Crippen LogP contribution in [0.4, 0.5) is 10.6 Å². The Morgan fingerprint density at radius 1 is 1.25 bits per heavy atom. The van der Waals surface area contributed by atoms with Crippen LogP contribution >= 0.6 is 12.4 Å². The van der Waals surface area contributed by atoms with Crippen LogP contribution in [0.3, 0.4) is 0 Å². The summed E-state index contributed by atoms with van der Waals surface area (Å²) in [5, 5.41) is 0. The molecular formula is C16H17ClN4O3. The van der Waals surface area contributed by atoms with E-state index in [1.807, 2.05) is 18.2 Å². The lowest BCUT2D eigenvalue weighted by molar-refractivity contribution is -0.118. The maximum absolute atomic E-state index is 11.9. The van der Waals surface area contributed by atoms with Gasteiger partial charge in [0.2, 0.25) is 5.91 Å². The molecule has 2 aromatic heterocycles. The molecule has 2 amide bonds. The lowest BCUT2D eigenvalue weighted by atomic mass is 10.1. The van der Waals surface area contributed by atoms with Crippen LogP contribution < -0.4 is 10.6 Å². The summed E-state index contributed by atoms with van der Waals surface area (Å²) in [4.78, 5) is 32.5. The van der Waals surface area contributed by atoms with E-state index in [-0.39, 0.29) is 24.9 Å². The van der Waals surface area contributed by atoms with Crippen LogP contribution in [0, 0.1) is 0 Å². The highest BCUT2D eigenvalue weighted by Gasteiger charge is 2.33. The summed E-state index contributed by atoms with van der Waals surface area (Å²) in [5.41, 5.74) is 7.05. The smallest absolute Gasteiger partial charge is 0.415 e. The highest BCUT2D eigenvalue weighted by atomic mass is 35.5. The molecule has 1 aliphatic rings. The maximum atomic E-state index is 11.9. The normalized spacial score (nSPS) is 16.4. The Balaban J connectivity index is 0.00000208. The van der Waals surface area contributed by atoms with Gasteiger partial charge in [-0.1, -0.05) is 0 Å². The van der Waals surface area contributed by atoms with Gasteiger partial charge < -0.3 is 10.5 Å². The molecule has 1 fully saturated rings. The molecule has 2 aromatic rings. The average Bonchev–Trinajstić information content (AvgIpc) is 2.95. The molecule has 1 unspecified atom stereocenters. The van der Waals surface area contributed by atoms with Gasteiger partial charge in [0, 0.05) is 30.6 Å². The predicted molar refractivity (Wildman–Crippen MR) is 90.8 cm³/mol. The molecule has 1 aliphatic heterocycles. The molecule has 3 rings (SSSR count). The number of rotatable bonds is 5. The third-order valence-corrected chi connectivity index (χ3v) is 3.62. The number of carbonyl (C=O) groups excluding carboxylic acids is 2. The zero-order valence-corrected chi connectivity index (χ0v) is 13.6. The highest BCUT2D eigenvalue weighted by molar-refractivity contribution is 5.88. The number of nitrogens with two attached hydrogens (primary N) is 1. The van der Waals surface area contributed by atoms with E-state index in [2.05, 4.69) is 9.97 Å². The van der Waals surface area contributed by atoms with Gasteiger partial charge in [-0.05, 0) is 36.2 Å². The first-order valence-corrected chi connectivity index (χ1v) is 7.26. The molecule has 0 bridgehead atoms. The number of amides is 2. The summed E-state index contributed by atoms with van der Waals surface area (Å²) in [6.07, 6.45) is 4.96. The number of cyclic esters (lactones) is 1. The molecule has 2 N–H and O–H groups in total. The standard InChI is InChI=1S/C16H16N4O3.ClH/c17-14(21)3-2-13-10-20(16(22)23-13)15-4-1-12(9-19-15)11-5-7-18-8-6-11;/h1,4-9,13H,2-3,10H2,(H2,17,21);1H.